The van der Waals surface area contributed by atoms with Crippen LogP contribution in [0, 0.1) is 0 Å². The van der Waals surface area contributed by atoms with E-state index in [2.05, 4.69) is 5.32 Å². The second-order valence-corrected chi connectivity index (χ2v) is 3.06. The van der Waals surface area contributed by atoms with E-state index in [1.54, 1.807) is 6.92 Å². The van der Waals surface area contributed by atoms with Crippen LogP contribution < -0.4 is 11.1 Å². The molecule has 0 aromatic carbocycles. The van der Waals surface area contributed by atoms with Gasteiger partial charge in [0.25, 0.3) is 0 Å². The predicted molar refractivity (Wildman–Crippen MR) is 37.5 cm³/mol. The summed E-state index contributed by atoms with van der Waals surface area (Å²) in [6.07, 6.45) is -1.31. The van der Waals surface area contributed by atoms with Crippen molar-refractivity contribution in [3.63, 3.8) is 0 Å². The molecule has 0 unspecified atom stereocenters. The van der Waals surface area contributed by atoms with E-state index >= 15 is 0 Å². The summed E-state index contributed by atoms with van der Waals surface area (Å²) in [5.74, 6) is 0. The van der Waals surface area contributed by atoms with E-state index in [1.165, 1.54) is 0 Å². The molecule has 1 rings (SSSR count). The smallest absolute Gasteiger partial charge is 0.0866 e. The number of aliphatic hydroxyl groups is 2. The lowest BCUT2D eigenvalue weighted by Crippen LogP contribution is -2.66. The van der Waals surface area contributed by atoms with Gasteiger partial charge < -0.3 is 21.3 Å². The zero-order valence-electron chi connectivity index (χ0n) is 6.04. The van der Waals surface area contributed by atoms with Crippen molar-refractivity contribution in [2.45, 2.75) is 24.7 Å². The number of piperidine rings is 1. The second kappa shape index (κ2) is 2.47. The first-order chi connectivity index (χ1) is 4.55. The number of β-amino-alcohol motifs (C(OH)–C–C–N with tert-alkyl or cyclic N) is 2. The topological polar surface area (TPSA) is 78.5 Å². The number of nitrogens with one attached hydrogen (secondary N) is 1. The fourth-order valence-corrected chi connectivity index (χ4v) is 1.02. The highest BCUT2D eigenvalue weighted by Crippen LogP contribution is 2.14. The molecule has 0 spiro atoms. The van der Waals surface area contributed by atoms with Crippen LogP contribution in [0.3, 0.4) is 0 Å². The summed E-state index contributed by atoms with van der Waals surface area (Å²) in [5.41, 5.74) is 4.77. The molecule has 0 bridgehead atoms. The van der Waals surface area contributed by atoms with Crippen molar-refractivity contribution in [2.24, 2.45) is 5.73 Å². The number of aliphatic hydroxyl groups excluding tert-OH is 2. The Balaban J connectivity index is 2.63. The Hall–Kier alpha value is -0.160. The summed E-state index contributed by atoms with van der Waals surface area (Å²) in [6.45, 7) is 2.58. The average Bonchev–Trinajstić information content (AvgIpc) is 1.84. The molecule has 4 nitrogen and oxygen atoms in total. The minimum absolute atomic E-state index is 0.462. The van der Waals surface area contributed by atoms with Crippen molar-refractivity contribution in [3.8, 4) is 0 Å². The highest BCUT2D eigenvalue weighted by atomic mass is 16.3. The second-order valence-electron chi connectivity index (χ2n) is 3.06. The van der Waals surface area contributed by atoms with Crippen LogP contribution >= 0.6 is 0 Å². The van der Waals surface area contributed by atoms with Gasteiger partial charge in [0.05, 0.1) is 17.7 Å². The van der Waals surface area contributed by atoms with E-state index in [0.29, 0.717) is 13.1 Å². The molecule has 0 aromatic heterocycles. The van der Waals surface area contributed by atoms with Gasteiger partial charge in [-0.05, 0) is 6.92 Å². The van der Waals surface area contributed by atoms with Gasteiger partial charge in [0.1, 0.15) is 0 Å². The van der Waals surface area contributed by atoms with Crippen LogP contribution in [0.25, 0.3) is 0 Å². The molecule has 5 N–H and O–H groups in total. The molecule has 1 saturated heterocycles. The lowest BCUT2D eigenvalue weighted by atomic mass is 9.86. The molecule has 1 aliphatic rings. The van der Waals surface area contributed by atoms with Gasteiger partial charge in [-0.3, -0.25) is 0 Å². The van der Waals surface area contributed by atoms with E-state index in [4.69, 9.17) is 5.73 Å². The van der Waals surface area contributed by atoms with E-state index < -0.39 is 17.7 Å². The van der Waals surface area contributed by atoms with E-state index in [9.17, 15) is 10.2 Å². The van der Waals surface area contributed by atoms with E-state index in [1.807, 2.05) is 0 Å². The standard InChI is InChI=1S/C6H14N2O2/c1-6(7)4(9)2-8-3-5(6)10/h4-5,8-10H,2-3,7H2,1H3/t4-,5+,6-. The van der Waals surface area contributed by atoms with Gasteiger partial charge in [0.2, 0.25) is 0 Å². The summed E-state index contributed by atoms with van der Waals surface area (Å²) in [4.78, 5) is 0. The maximum absolute atomic E-state index is 9.26. The molecule has 3 atom stereocenters. The highest BCUT2D eigenvalue weighted by molar-refractivity contribution is 4.99. The van der Waals surface area contributed by atoms with Crippen molar-refractivity contribution in [1.29, 1.82) is 0 Å². The van der Waals surface area contributed by atoms with E-state index in [0.717, 1.165) is 0 Å². The quantitative estimate of drug-likeness (QED) is 0.319. The lowest BCUT2D eigenvalue weighted by Gasteiger charge is -2.39. The Morgan fingerprint density at radius 2 is 1.80 bits per heavy atom. The minimum atomic E-state index is -0.856. The zero-order chi connectivity index (χ0) is 7.78. The Kier molecular flexibility index (Phi) is 1.96. The minimum Gasteiger partial charge on any atom is -0.390 e. The molecule has 0 saturated carbocycles. The Labute approximate surface area is 60.0 Å². The molecule has 0 aromatic rings. The van der Waals surface area contributed by atoms with Gasteiger partial charge in [-0.2, -0.15) is 0 Å². The molecule has 0 aliphatic carbocycles. The summed E-state index contributed by atoms with van der Waals surface area (Å²) in [6, 6.07) is 0. The normalized spacial score (nSPS) is 49.2. The van der Waals surface area contributed by atoms with Crippen LogP contribution in [0.1, 0.15) is 6.92 Å². The van der Waals surface area contributed by atoms with Crippen LogP contribution in [0.4, 0.5) is 0 Å². The highest BCUT2D eigenvalue weighted by Gasteiger charge is 2.38. The van der Waals surface area contributed by atoms with Crippen LogP contribution in [0.15, 0.2) is 0 Å². The average molecular weight is 146 g/mol. The molecule has 1 fully saturated rings. The van der Waals surface area contributed by atoms with E-state index in [-0.39, 0.29) is 0 Å². The van der Waals surface area contributed by atoms with Crippen molar-refractivity contribution >= 4 is 0 Å². The molecular formula is C6H14N2O2. The first-order valence-electron chi connectivity index (χ1n) is 3.41. The summed E-state index contributed by atoms with van der Waals surface area (Å²) in [7, 11) is 0. The first-order valence-corrected chi connectivity index (χ1v) is 3.41. The maximum atomic E-state index is 9.26. The number of nitrogens with two attached hydrogens (primary N) is 1. The van der Waals surface area contributed by atoms with Crippen molar-refractivity contribution < 1.29 is 10.2 Å². The Morgan fingerprint density at radius 3 is 2.10 bits per heavy atom. The predicted octanol–water partition coefficient (Wildman–Crippen LogP) is -1.97. The van der Waals surface area contributed by atoms with Crippen molar-refractivity contribution in [3.05, 3.63) is 0 Å². The number of rotatable bonds is 0. The van der Waals surface area contributed by atoms with Gasteiger partial charge in [-0.1, -0.05) is 0 Å². The third-order valence-electron chi connectivity index (χ3n) is 2.11. The molecular weight excluding hydrogens is 132 g/mol. The molecule has 0 radical (unpaired) electrons. The van der Waals surface area contributed by atoms with Crippen LogP contribution in [-0.2, 0) is 0 Å². The Bertz CT molecular complexity index is 115. The fraction of sp³-hybridized carbons (Fsp3) is 1.00. The van der Waals surface area contributed by atoms with Gasteiger partial charge >= 0.3 is 0 Å². The Morgan fingerprint density at radius 1 is 1.40 bits per heavy atom. The summed E-state index contributed by atoms with van der Waals surface area (Å²) < 4.78 is 0. The first kappa shape index (κ1) is 7.94. The maximum Gasteiger partial charge on any atom is 0.0866 e. The third kappa shape index (κ3) is 1.15. The lowest BCUT2D eigenvalue weighted by molar-refractivity contribution is -0.0231. The number of hydrogen-bond acceptors (Lipinski definition) is 4. The number of hydrogen-bond donors (Lipinski definition) is 4. The van der Waals surface area contributed by atoms with Crippen molar-refractivity contribution in [1.82, 2.24) is 5.32 Å². The fourth-order valence-electron chi connectivity index (χ4n) is 1.02. The molecule has 60 valence electrons. The van der Waals surface area contributed by atoms with Gasteiger partial charge in [-0.15, -0.1) is 0 Å². The molecule has 0 amide bonds. The van der Waals surface area contributed by atoms with Gasteiger partial charge in [0.15, 0.2) is 0 Å². The molecule has 4 heteroatoms. The summed E-state index contributed by atoms with van der Waals surface area (Å²) >= 11 is 0. The SMILES string of the molecule is C[C@@]1(N)[C@H](O)CNC[C@@H]1O. The van der Waals surface area contributed by atoms with Gasteiger partial charge in [-0.25, -0.2) is 0 Å². The third-order valence-corrected chi connectivity index (χ3v) is 2.11. The van der Waals surface area contributed by atoms with Gasteiger partial charge in [0, 0.05) is 13.1 Å². The van der Waals surface area contributed by atoms with Crippen LogP contribution in [0.5, 0.6) is 0 Å². The monoisotopic (exact) mass is 146 g/mol. The largest absolute Gasteiger partial charge is 0.390 e. The van der Waals surface area contributed by atoms with Crippen LogP contribution in [-0.4, -0.2) is 41.0 Å². The summed E-state index contributed by atoms with van der Waals surface area (Å²) in [5, 5.41) is 21.4. The van der Waals surface area contributed by atoms with Crippen molar-refractivity contribution in [2.75, 3.05) is 13.1 Å². The zero-order valence-corrected chi connectivity index (χ0v) is 6.04. The van der Waals surface area contributed by atoms with Crippen LogP contribution in [0.2, 0.25) is 0 Å². The molecule has 10 heavy (non-hydrogen) atoms. The molecule has 1 heterocycles. The molecule has 1 aliphatic heterocycles.